The third-order valence-corrected chi connectivity index (χ3v) is 2.67. The molecule has 0 aliphatic rings. The van der Waals surface area contributed by atoms with E-state index in [9.17, 15) is 4.79 Å². The second kappa shape index (κ2) is 5.79. The second-order valence-electron chi connectivity index (χ2n) is 4.24. The maximum absolute atomic E-state index is 10.8. The highest BCUT2D eigenvalue weighted by Crippen LogP contribution is 2.17. The van der Waals surface area contributed by atoms with Crippen LogP contribution in [0.1, 0.15) is 51.1 Å². The van der Waals surface area contributed by atoms with E-state index < -0.39 is 5.82 Å². The van der Waals surface area contributed by atoms with Crippen molar-refractivity contribution in [2.75, 3.05) is 0 Å². The predicted molar refractivity (Wildman–Crippen MR) is 59.0 cm³/mol. The first-order valence-corrected chi connectivity index (χ1v) is 5.73. The summed E-state index contributed by atoms with van der Waals surface area (Å²) in [6.45, 7) is 6.16. The number of unbranched alkanes of at least 4 members (excludes halogenated alkanes) is 2. The molecule has 0 saturated carbocycles. The molecule has 1 unspecified atom stereocenters. The Morgan fingerprint density at radius 1 is 1.27 bits per heavy atom. The van der Waals surface area contributed by atoms with Crippen LogP contribution in [0, 0.1) is 12.8 Å². The van der Waals surface area contributed by atoms with Crippen molar-refractivity contribution in [3.63, 3.8) is 0 Å². The van der Waals surface area contributed by atoms with Gasteiger partial charge in [-0.3, -0.25) is 0 Å². The highest BCUT2D eigenvalue weighted by Gasteiger charge is 2.12. The summed E-state index contributed by atoms with van der Waals surface area (Å²) in [5.41, 5.74) is 0. The molecule has 15 heavy (non-hydrogen) atoms. The number of hydrogen-bond acceptors (Lipinski definition) is 3. The molecular weight excluding hydrogens is 192 g/mol. The quantitative estimate of drug-likeness (QED) is 0.679. The van der Waals surface area contributed by atoms with Gasteiger partial charge in [-0.1, -0.05) is 39.5 Å². The first-order valence-electron chi connectivity index (χ1n) is 5.73. The van der Waals surface area contributed by atoms with Gasteiger partial charge in [0.15, 0.2) is 0 Å². The van der Waals surface area contributed by atoms with E-state index >= 15 is 0 Å². The fraction of sp³-hybridized carbons (Fsp3) is 0.750. The molecule has 0 aliphatic heterocycles. The molecule has 1 aromatic rings. The fourth-order valence-corrected chi connectivity index (χ4v) is 1.72. The standard InChI is InChI=1S/C12H20O3/c1-4-5-6-7-9(2)8-11-10(3)14-12(13)15-11/h9H,4-8H2,1-3H3. The van der Waals surface area contributed by atoms with Crippen LogP contribution in [-0.4, -0.2) is 0 Å². The lowest BCUT2D eigenvalue weighted by molar-refractivity contribution is 0.358. The summed E-state index contributed by atoms with van der Waals surface area (Å²) >= 11 is 0. The van der Waals surface area contributed by atoms with E-state index in [-0.39, 0.29) is 0 Å². The molecule has 0 saturated heterocycles. The minimum absolute atomic E-state index is 0.552. The largest absolute Gasteiger partial charge is 0.519 e. The van der Waals surface area contributed by atoms with Crippen LogP contribution in [0.15, 0.2) is 13.6 Å². The van der Waals surface area contributed by atoms with Gasteiger partial charge >= 0.3 is 5.82 Å². The van der Waals surface area contributed by atoms with Gasteiger partial charge < -0.3 is 8.83 Å². The molecule has 86 valence electrons. The van der Waals surface area contributed by atoms with Crippen LogP contribution in [0.5, 0.6) is 0 Å². The topological polar surface area (TPSA) is 43.4 Å². The van der Waals surface area contributed by atoms with E-state index in [1.165, 1.54) is 25.7 Å². The summed E-state index contributed by atoms with van der Waals surface area (Å²) in [6, 6.07) is 0. The van der Waals surface area contributed by atoms with Gasteiger partial charge in [0.05, 0.1) is 0 Å². The molecule has 1 aromatic heterocycles. The summed E-state index contributed by atoms with van der Waals surface area (Å²) < 4.78 is 9.79. The van der Waals surface area contributed by atoms with Crippen molar-refractivity contribution < 1.29 is 8.83 Å². The van der Waals surface area contributed by atoms with Crippen LogP contribution < -0.4 is 5.82 Å². The van der Waals surface area contributed by atoms with Gasteiger partial charge in [0.2, 0.25) is 0 Å². The Morgan fingerprint density at radius 3 is 2.53 bits per heavy atom. The van der Waals surface area contributed by atoms with Crippen molar-refractivity contribution in [3.8, 4) is 0 Å². The summed E-state index contributed by atoms with van der Waals surface area (Å²) in [7, 11) is 0. The van der Waals surface area contributed by atoms with Gasteiger partial charge in [0, 0.05) is 6.42 Å². The maximum atomic E-state index is 10.8. The van der Waals surface area contributed by atoms with Crippen LogP contribution in [-0.2, 0) is 6.42 Å². The van der Waals surface area contributed by atoms with Gasteiger partial charge in [-0.05, 0) is 12.8 Å². The molecular formula is C12H20O3. The van der Waals surface area contributed by atoms with Crippen LogP contribution in [0.2, 0.25) is 0 Å². The lowest BCUT2D eigenvalue weighted by Crippen LogP contribution is -2.00. The van der Waals surface area contributed by atoms with Gasteiger partial charge in [-0.2, -0.15) is 0 Å². The minimum Gasteiger partial charge on any atom is -0.396 e. The smallest absolute Gasteiger partial charge is 0.396 e. The SMILES string of the molecule is CCCCCC(C)Cc1oc(=O)oc1C. The van der Waals surface area contributed by atoms with Crippen LogP contribution >= 0.6 is 0 Å². The Labute approximate surface area is 90.5 Å². The Balaban J connectivity index is 2.40. The molecule has 0 amide bonds. The highest BCUT2D eigenvalue weighted by molar-refractivity contribution is 5.01. The summed E-state index contributed by atoms with van der Waals surface area (Å²) in [5, 5.41) is 0. The van der Waals surface area contributed by atoms with Crippen molar-refractivity contribution in [1.82, 2.24) is 0 Å². The van der Waals surface area contributed by atoms with E-state index in [2.05, 4.69) is 13.8 Å². The summed E-state index contributed by atoms with van der Waals surface area (Å²) in [5.74, 6) is 1.31. The van der Waals surface area contributed by atoms with E-state index in [4.69, 9.17) is 8.83 Å². The Hall–Kier alpha value is -0.990. The molecule has 1 heterocycles. The van der Waals surface area contributed by atoms with Gasteiger partial charge in [0.25, 0.3) is 0 Å². The minimum atomic E-state index is -0.580. The monoisotopic (exact) mass is 212 g/mol. The average Bonchev–Trinajstić information content (AvgIpc) is 2.45. The van der Waals surface area contributed by atoms with Crippen molar-refractivity contribution in [1.29, 1.82) is 0 Å². The maximum Gasteiger partial charge on any atom is 0.519 e. The van der Waals surface area contributed by atoms with E-state index in [0.717, 1.165) is 6.42 Å². The van der Waals surface area contributed by atoms with Gasteiger partial charge in [0.1, 0.15) is 11.5 Å². The highest BCUT2D eigenvalue weighted by atomic mass is 16.6. The Morgan fingerprint density at radius 2 is 2.00 bits per heavy atom. The molecule has 0 radical (unpaired) electrons. The van der Waals surface area contributed by atoms with Crippen LogP contribution in [0.25, 0.3) is 0 Å². The van der Waals surface area contributed by atoms with Gasteiger partial charge in [-0.15, -0.1) is 0 Å². The van der Waals surface area contributed by atoms with Crippen LogP contribution in [0.3, 0.4) is 0 Å². The molecule has 0 bridgehead atoms. The molecule has 3 heteroatoms. The molecule has 0 spiro atoms. The molecule has 1 rings (SSSR count). The lowest BCUT2D eigenvalue weighted by Gasteiger charge is -2.08. The van der Waals surface area contributed by atoms with E-state index in [0.29, 0.717) is 17.4 Å². The average molecular weight is 212 g/mol. The molecule has 1 atom stereocenters. The zero-order chi connectivity index (χ0) is 11.3. The molecule has 3 nitrogen and oxygen atoms in total. The third-order valence-electron chi connectivity index (χ3n) is 2.67. The zero-order valence-corrected chi connectivity index (χ0v) is 9.84. The first kappa shape index (κ1) is 12.1. The molecule has 0 aliphatic carbocycles. The van der Waals surface area contributed by atoms with Crippen molar-refractivity contribution in [2.45, 2.75) is 52.9 Å². The number of hydrogen-bond donors (Lipinski definition) is 0. The number of aryl methyl sites for hydroxylation is 1. The summed E-state index contributed by atoms with van der Waals surface area (Å²) in [4.78, 5) is 10.8. The first-order chi connectivity index (χ1) is 7.13. The second-order valence-corrected chi connectivity index (χ2v) is 4.24. The lowest BCUT2D eigenvalue weighted by atomic mass is 9.98. The third kappa shape index (κ3) is 3.94. The Kier molecular flexibility index (Phi) is 4.66. The molecule has 0 aromatic carbocycles. The predicted octanol–water partition coefficient (Wildman–Crippen LogP) is 3.30. The zero-order valence-electron chi connectivity index (χ0n) is 9.84. The Bertz CT molecular complexity index is 335. The van der Waals surface area contributed by atoms with E-state index in [1.807, 2.05) is 0 Å². The van der Waals surface area contributed by atoms with Gasteiger partial charge in [-0.25, -0.2) is 4.79 Å². The fourth-order valence-electron chi connectivity index (χ4n) is 1.72. The molecule has 0 N–H and O–H groups in total. The van der Waals surface area contributed by atoms with Crippen molar-refractivity contribution in [3.05, 3.63) is 22.1 Å². The summed E-state index contributed by atoms with van der Waals surface area (Å²) in [6.07, 6.45) is 5.76. The van der Waals surface area contributed by atoms with Crippen LogP contribution in [0.4, 0.5) is 0 Å². The van der Waals surface area contributed by atoms with E-state index in [1.54, 1.807) is 6.92 Å². The normalized spacial score (nSPS) is 13.0. The van der Waals surface area contributed by atoms with Crippen molar-refractivity contribution >= 4 is 0 Å². The van der Waals surface area contributed by atoms with Crippen molar-refractivity contribution in [2.24, 2.45) is 5.92 Å². The molecule has 0 fully saturated rings. The number of rotatable bonds is 6.